The van der Waals surface area contributed by atoms with Crippen LogP contribution in [0.1, 0.15) is 16.8 Å². The van der Waals surface area contributed by atoms with E-state index in [1.54, 1.807) is 12.3 Å². The molecule has 2 aliphatic rings. The normalized spacial score (nSPS) is 20.3. The molecule has 1 unspecified atom stereocenters. The van der Waals surface area contributed by atoms with Crippen LogP contribution in [0.2, 0.25) is 5.02 Å². The lowest BCUT2D eigenvalue weighted by atomic mass is 10.1. The minimum Gasteiger partial charge on any atom is -0.337 e. The number of nitrogens with zero attached hydrogens (tertiary/aromatic N) is 3. The van der Waals surface area contributed by atoms with Crippen LogP contribution in [0.15, 0.2) is 42.6 Å². The van der Waals surface area contributed by atoms with Crippen LogP contribution in [0, 0.1) is 0 Å². The first-order valence-corrected chi connectivity index (χ1v) is 9.55. The van der Waals surface area contributed by atoms with Crippen molar-refractivity contribution in [3.63, 3.8) is 0 Å². The van der Waals surface area contributed by atoms with E-state index in [1.807, 2.05) is 35.2 Å². The van der Waals surface area contributed by atoms with Gasteiger partial charge in [0.2, 0.25) is 0 Å². The molecule has 27 heavy (non-hydrogen) atoms. The van der Waals surface area contributed by atoms with Gasteiger partial charge in [-0.25, -0.2) is 0 Å². The van der Waals surface area contributed by atoms with Crippen molar-refractivity contribution in [2.24, 2.45) is 0 Å². The monoisotopic (exact) mass is 406 g/mol. The van der Waals surface area contributed by atoms with E-state index in [9.17, 15) is 4.79 Å². The van der Waals surface area contributed by atoms with E-state index in [2.05, 4.69) is 15.2 Å². The summed E-state index contributed by atoms with van der Waals surface area (Å²) >= 11 is 6.36. The average Bonchev–Trinajstić information content (AvgIpc) is 3.19. The fourth-order valence-electron chi connectivity index (χ4n) is 3.82. The van der Waals surface area contributed by atoms with Gasteiger partial charge in [0.1, 0.15) is 0 Å². The second-order valence-corrected chi connectivity index (χ2v) is 7.30. The van der Waals surface area contributed by atoms with Crippen molar-refractivity contribution in [1.29, 1.82) is 0 Å². The number of halogens is 2. The maximum Gasteiger partial charge on any atom is 0.255 e. The fraction of sp³-hybridized carbons (Fsp3) is 0.400. The summed E-state index contributed by atoms with van der Waals surface area (Å²) in [5.41, 5.74) is 2.32. The Morgan fingerprint density at radius 2 is 1.96 bits per heavy atom. The maximum atomic E-state index is 13.1. The molecule has 5 nitrogen and oxygen atoms in total. The number of carbonyl (C=O) groups excluding carboxylic acids is 1. The van der Waals surface area contributed by atoms with Crippen molar-refractivity contribution < 1.29 is 4.79 Å². The summed E-state index contributed by atoms with van der Waals surface area (Å²) in [6, 6.07) is 11.8. The smallest absolute Gasteiger partial charge is 0.255 e. The zero-order chi connectivity index (χ0) is 17.9. The van der Waals surface area contributed by atoms with Gasteiger partial charge in [0, 0.05) is 57.1 Å². The molecule has 3 heterocycles. The van der Waals surface area contributed by atoms with E-state index in [1.165, 1.54) is 0 Å². The molecule has 0 bridgehead atoms. The van der Waals surface area contributed by atoms with Crippen LogP contribution < -0.4 is 5.32 Å². The van der Waals surface area contributed by atoms with Gasteiger partial charge in [-0.2, -0.15) is 0 Å². The number of rotatable bonds is 3. The highest BCUT2D eigenvalue weighted by molar-refractivity contribution is 6.34. The van der Waals surface area contributed by atoms with E-state index in [-0.39, 0.29) is 18.3 Å². The minimum atomic E-state index is 0. The van der Waals surface area contributed by atoms with E-state index < -0.39 is 0 Å². The molecule has 0 radical (unpaired) electrons. The molecule has 0 aliphatic carbocycles. The Hall–Kier alpha value is -1.66. The van der Waals surface area contributed by atoms with Crippen molar-refractivity contribution in [2.45, 2.75) is 12.5 Å². The summed E-state index contributed by atoms with van der Waals surface area (Å²) in [4.78, 5) is 21.9. The molecular formula is C20H24Cl2N4O. The van der Waals surface area contributed by atoms with Crippen LogP contribution in [-0.2, 0) is 0 Å². The Kier molecular flexibility index (Phi) is 6.71. The average molecular weight is 407 g/mol. The number of carbonyl (C=O) groups is 1. The predicted molar refractivity (Wildman–Crippen MR) is 111 cm³/mol. The third-order valence-corrected chi connectivity index (χ3v) is 5.61. The molecule has 2 saturated heterocycles. The van der Waals surface area contributed by atoms with Gasteiger partial charge in [0.25, 0.3) is 5.91 Å². The van der Waals surface area contributed by atoms with Gasteiger partial charge < -0.3 is 10.2 Å². The number of pyridine rings is 1. The third-order valence-electron chi connectivity index (χ3n) is 5.28. The van der Waals surface area contributed by atoms with Crippen molar-refractivity contribution in [2.75, 3.05) is 39.3 Å². The molecule has 2 aliphatic heterocycles. The lowest BCUT2D eigenvalue weighted by Crippen LogP contribution is -2.49. The Morgan fingerprint density at radius 3 is 2.70 bits per heavy atom. The molecule has 2 fully saturated rings. The number of benzene rings is 1. The second kappa shape index (κ2) is 9.02. The van der Waals surface area contributed by atoms with Crippen molar-refractivity contribution >= 4 is 29.9 Å². The van der Waals surface area contributed by atoms with Crippen molar-refractivity contribution in [3.05, 3.63) is 53.2 Å². The number of hydrogen-bond donors (Lipinski definition) is 1. The summed E-state index contributed by atoms with van der Waals surface area (Å²) < 4.78 is 0. The Morgan fingerprint density at radius 1 is 1.15 bits per heavy atom. The predicted octanol–water partition coefficient (Wildman–Crippen LogP) is 2.94. The van der Waals surface area contributed by atoms with E-state index in [0.29, 0.717) is 16.6 Å². The standard InChI is InChI=1S/C20H23ClN4O.ClH/c21-18-5-4-15(19-3-1-2-7-23-19)13-17(18)20(26)25-10-6-16(14-25)24-11-8-22-9-12-24;/h1-5,7,13,16,22H,6,8-12,14H2;1H. The lowest BCUT2D eigenvalue weighted by molar-refractivity contribution is 0.0773. The second-order valence-electron chi connectivity index (χ2n) is 6.89. The van der Waals surface area contributed by atoms with Gasteiger partial charge in [-0.3, -0.25) is 14.7 Å². The Labute approximate surface area is 171 Å². The van der Waals surface area contributed by atoms with Crippen LogP contribution in [0.4, 0.5) is 0 Å². The Bertz CT molecular complexity index is 781. The van der Waals surface area contributed by atoms with Crippen LogP contribution in [0.3, 0.4) is 0 Å². The summed E-state index contributed by atoms with van der Waals surface area (Å²) in [6.07, 6.45) is 2.78. The van der Waals surface area contributed by atoms with E-state index >= 15 is 0 Å². The highest BCUT2D eigenvalue weighted by Gasteiger charge is 2.32. The molecule has 1 aromatic carbocycles. The first-order chi connectivity index (χ1) is 12.7. The molecule has 1 amide bonds. The molecule has 7 heteroatoms. The third kappa shape index (κ3) is 4.43. The molecule has 1 atom stereocenters. The maximum absolute atomic E-state index is 13.1. The van der Waals surface area contributed by atoms with Crippen LogP contribution in [0.25, 0.3) is 11.3 Å². The van der Waals surface area contributed by atoms with Crippen molar-refractivity contribution in [3.8, 4) is 11.3 Å². The summed E-state index contributed by atoms with van der Waals surface area (Å²) in [6.45, 7) is 5.75. The zero-order valence-corrected chi connectivity index (χ0v) is 16.7. The van der Waals surface area contributed by atoms with Gasteiger partial charge >= 0.3 is 0 Å². The largest absolute Gasteiger partial charge is 0.337 e. The topological polar surface area (TPSA) is 48.5 Å². The molecule has 2 aromatic rings. The van der Waals surface area contributed by atoms with Gasteiger partial charge in [-0.05, 0) is 30.7 Å². The van der Waals surface area contributed by atoms with E-state index in [0.717, 1.165) is 56.9 Å². The lowest BCUT2D eigenvalue weighted by Gasteiger charge is -2.32. The van der Waals surface area contributed by atoms with Crippen LogP contribution in [0.5, 0.6) is 0 Å². The molecule has 4 rings (SSSR count). The molecule has 1 N–H and O–H groups in total. The van der Waals surface area contributed by atoms with Gasteiger partial charge in [-0.15, -0.1) is 12.4 Å². The quantitative estimate of drug-likeness (QED) is 0.850. The molecule has 1 aromatic heterocycles. The van der Waals surface area contributed by atoms with Gasteiger partial charge in [-0.1, -0.05) is 23.7 Å². The number of aromatic nitrogens is 1. The number of nitrogens with one attached hydrogen (secondary N) is 1. The number of hydrogen-bond acceptors (Lipinski definition) is 4. The van der Waals surface area contributed by atoms with Crippen LogP contribution in [-0.4, -0.2) is 66.0 Å². The molecule has 0 spiro atoms. The summed E-state index contributed by atoms with van der Waals surface area (Å²) in [5, 5.41) is 3.88. The Balaban J connectivity index is 0.00000210. The summed E-state index contributed by atoms with van der Waals surface area (Å²) in [5.74, 6) is 0.0189. The van der Waals surface area contributed by atoms with Crippen LogP contribution >= 0.6 is 24.0 Å². The first kappa shape index (κ1) is 20.1. The molecule has 0 saturated carbocycles. The number of amides is 1. The highest BCUT2D eigenvalue weighted by atomic mass is 35.5. The van der Waals surface area contributed by atoms with Gasteiger partial charge in [0.05, 0.1) is 16.3 Å². The first-order valence-electron chi connectivity index (χ1n) is 9.17. The molecule has 144 valence electrons. The fourth-order valence-corrected chi connectivity index (χ4v) is 4.02. The summed E-state index contributed by atoms with van der Waals surface area (Å²) in [7, 11) is 0. The molecular weight excluding hydrogens is 383 g/mol. The minimum absolute atomic E-state index is 0. The van der Waals surface area contributed by atoms with Gasteiger partial charge in [0.15, 0.2) is 0 Å². The number of piperazine rings is 1. The zero-order valence-electron chi connectivity index (χ0n) is 15.1. The SMILES string of the molecule is Cl.O=C(c1cc(-c2ccccn2)ccc1Cl)N1CCC(N2CCNCC2)C1. The highest BCUT2D eigenvalue weighted by Crippen LogP contribution is 2.27. The van der Waals surface area contributed by atoms with E-state index in [4.69, 9.17) is 11.6 Å². The van der Waals surface area contributed by atoms with Crippen molar-refractivity contribution in [1.82, 2.24) is 20.1 Å². The number of likely N-dealkylation sites (tertiary alicyclic amines) is 1.